The second kappa shape index (κ2) is 7.52. The Hall–Kier alpha value is -2.05. The summed E-state index contributed by atoms with van der Waals surface area (Å²) in [5, 5.41) is 8.69. The summed E-state index contributed by atoms with van der Waals surface area (Å²) in [6.45, 7) is 6.89. The number of hydroxylamine groups is 1. The summed E-state index contributed by atoms with van der Waals surface area (Å²) in [6, 6.07) is 4.07. The van der Waals surface area contributed by atoms with Gasteiger partial charge in [0, 0.05) is 25.9 Å². The van der Waals surface area contributed by atoms with Crippen LogP contribution in [0.4, 0.5) is 0 Å². The maximum Gasteiger partial charge on any atom is 0.238 e. The summed E-state index contributed by atoms with van der Waals surface area (Å²) in [4.78, 5) is 39.7. The zero-order valence-corrected chi connectivity index (χ0v) is 16.3. The second-order valence-corrected chi connectivity index (χ2v) is 8.25. The van der Waals surface area contributed by atoms with Gasteiger partial charge >= 0.3 is 0 Å². The van der Waals surface area contributed by atoms with Gasteiger partial charge in [-0.3, -0.25) is 14.4 Å². The van der Waals surface area contributed by atoms with E-state index in [1.54, 1.807) is 4.90 Å². The Labute approximate surface area is 159 Å². The number of carbonyl (C=O) groups is 3. The van der Waals surface area contributed by atoms with Gasteiger partial charge in [0.05, 0.1) is 6.54 Å². The molecule has 2 N–H and O–H groups in total. The molecular weight excluding hydrogens is 344 g/mol. The number of hydrogen-bond donors (Lipinski definition) is 2. The number of benzene rings is 1. The highest BCUT2D eigenvalue weighted by molar-refractivity contribution is 6.10. The lowest BCUT2D eigenvalue weighted by molar-refractivity contribution is -0.140. The molecule has 146 valence electrons. The zero-order valence-electron chi connectivity index (χ0n) is 16.3. The monoisotopic (exact) mass is 372 g/mol. The molecule has 27 heavy (non-hydrogen) atoms. The van der Waals surface area contributed by atoms with E-state index < -0.39 is 5.92 Å². The number of ketones is 2. The van der Waals surface area contributed by atoms with Crippen LogP contribution in [0.2, 0.25) is 0 Å². The van der Waals surface area contributed by atoms with E-state index in [1.807, 2.05) is 38.4 Å². The number of aryl methyl sites for hydroxylation is 3. The Morgan fingerprint density at radius 2 is 1.63 bits per heavy atom. The van der Waals surface area contributed by atoms with Crippen LogP contribution in [0.15, 0.2) is 12.1 Å². The first kappa shape index (κ1) is 19.7. The third kappa shape index (κ3) is 3.82. The van der Waals surface area contributed by atoms with E-state index in [0.29, 0.717) is 38.8 Å². The molecule has 0 radical (unpaired) electrons. The van der Waals surface area contributed by atoms with E-state index >= 15 is 0 Å². The van der Waals surface area contributed by atoms with E-state index in [9.17, 15) is 14.4 Å². The van der Waals surface area contributed by atoms with E-state index in [2.05, 4.69) is 0 Å². The topological polar surface area (TPSA) is 86.7 Å². The minimum absolute atomic E-state index is 0.0121. The maximum atomic E-state index is 13.0. The van der Waals surface area contributed by atoms with Gasteiger partial charge in [0.25, 0.3) is 0 Å². The smallest absolute Gasteiger partial charge is 0.238 e. The van der Waals surface area contributed by atoms with E-state index in [-0.39, 0.29) is 29.4 Å². The van der Waals surface area contributed by atoms with Crippen molar-refractivity contribution in [1.82, 2.24) is 10.4 Å². The van der Waals surface area contributed by atoms with Gasteiger partial charge in [-0.25, -0.2) is 0 Å². The van der Waals surface area contributed by atoms with Gasteiger partial charge in [-0.05, 0) is 55.7 Å². The molecule has 1 aliphatic carbocycles. The summed E-state index contributed by atoms with van der Waals surface area (Å²) in [7, 11) is 0. The van der Waals surface area contributed by atoms with Crippen molar-refractivity contribution in [2.45, 2.75) is 52.4 Å². The Bertz CT molecular complexity index is 735. The first-order valence-corrected chi connectivity index (χ1v) is 9.54. The van der Waals surface area contributed by atoms with Crippen LogP contribution < -0.4 is 5.48 Å². The number of amides is 1. The second-order valence-electron chi connectivity index (χ2n) is 8.25. The van der Waals surface area contributed by atoms with Gasteiger partial charge in [-0.2, -0.15) is 5.48 Å². The van der Waals surface area contributed by atoms with Crippen LogP contribution in [-0.4, -0.2) is 47.2 Å². The van der Waals surface area contributed by atoms with Crippen molar-refractivity contribution in [1.29, 1.82) is 0 Å². The molecular formula is C21H28N2O4. The van der Waals surface area contributed by atoms with Gasteiger partial charge in [-0.1, -0.05) is 17.7 Å². The highest BCUT2D eigenvalue weighted by atomic mass is 16.5. The quantitative estimate of drug-likeness (QED) is 0.628. The Kier molecular flexibility index (Phi) is 5.49. The summed E-state index contributed by atoms with van der Waals surface area (Å²) in [6.07, 6.45) is 2.10. The average Bonchev–Trinajstić information content (AvgIpc) is 2.57. The molecule has 1 heterocycles. The average molecular weight is 372 g/mol. The van der Waals surface area contributed by atoms with Crippen LogP contribution >= 0.6 is 0 Å². The number of hydrogen-bond acceptors (Lipinski definition) is 5. The number of likely N-dealkylation sites (tertiary alicyclic amines) is 1. The third-order valence-electron chi connectivity index (χ3n) is 6.18. The summed E-state index contributed by atoms with van der Waals surface area (Å²) in [5.41, 5.74) is 5.60. The van der Waals surface area contributed by atoms with Crippen molar-refractivity contribution in [3.8, 4) is 0 Å². The van der Waals surface area contributed by atoms with Crippen LogP contribution in [0.25, 0.3) is 0 Å². The molecule has 1 spiro atoms. The van der Waals surface area contributed by atoms with Crippen LogP contribution in [0.5, 0.6) is 0 Å². The van der Waals surface area contributed by atoms with Crippen molar-refractivity contribution in [2.75, 3.05) is 19.6 Å². The first-order chi connectivity index (χ1) is 12.8. The SMILES string of the molecule is Cc1cc(C)c(C2C(=O)CC3(CCN(C(=O)CNO)CC3)CC2=O)c(C)c1. The lowest BCUT2D eigenvalue weighted by atomic mass is 9.62. The Balaban J connectivity index is 1.76. The molecule has 1 saturated carbocycles. The third-order valence-corrected chi connectivity index (χ3v) is 6.18. The number of Topliss-reactive ketones (excluding diaryl/α,β-unsaturated/α-hetero) is 2. The van der Waals surface area contributed by atoms with Gasteiger partial charge < -0.3 is 10.1 Å². The fourth-order valence-electron chi connectivity index (χ4n) is 4.92. The fourth-order valence-corrected chi connectivity index (χ4v) is 4.92. The van der Waals surface area contributed by atoms with E-state index in [0.717, 1.165) is 22.3 Å². The van der Waals surface area contributed by atoms with Gasteiger partial charge in [0.1, 0.15) is 17.5 Å². The zero-order chi connectivity index (χ0) is 19.8. The fraction of sp³-hybridized carbons (Fsp3) is 0.571. The number of rotatable bonds is 3. The molecule has 1 aromatic rings. The predicted octanol–water partition coefficient (Wildman–Crippen LogP) is 2.22. The molecule has 1 saturated heterocycles. The minimum atomic E-state index is -0.644. The van der Waals surface area contributed by atoms with Gasteiger partial charge in [0.15, 0.2) is 0 Å². The van der Waals surface area contributed by atoms with Crippen LogP contribution in [0, 0.1) is 26.2 Å². The molecule has 2 fully saturated rings. The van der Waals surface area contributed by atoms with Crippen molar-refractivity contribution < 1.29 is 19.6 Å². The van der Waals surface area contributed by atoms with Gasteiger partial charge in [0.2, 0.25) is 5.91 Å². The number of nitrogens with zero attached hydrogens (tertiary/aromatic N) is 1. The first-order valence-electron chi connectivity index (χ1n) is 9.54. The molecule has 6 nitrogen and oxygen atoms in total. The molecule has 0 aromatic heterocycles. The molecule has 1 amide bonds. The maximum absolute atomic E-state index is 13.0. The van der Waals surface area contributed by atoms with Crippen molar-refractivity contribution in [3.63, 3.8) is 0 Å². The van der Waals surface area contributed by atoms with Crippen molar-refractivity contribution in [2.24, 2.45) is 5.41 Å². The molecule has 6 heteroatoms. The molecule has 0 atom stereocenters. The molecule has 0 bridgehead atoms. The van der Waals surface area contributed by atoms with Crippen LogP contribution in [-0.2, 0) is 14.4 Å². The van der Waals surface area contributed by atoms with E-state index in [1.165, 1.54) is 0 Å². The van der Waals surface area contributed by atoms with Crippen LogP contribution in [0.1, 0.15) is 53.9 Å². The number of nitrogens with one attached hydrogen (secondary N) is 1. The van der Waals surface area contributed by atoms with E-state index in [4.69, 9.17) is 5.21 Å². The van der Waals surface area contributed by atoms with Crippen LogP contribution in [0.3, 0.4) is 0 Å². The molecule has 3 rings (SSSR count). The summed E-state index contributed by atoms with van der Waals surface area (Å²) in [5.74, 6) is -0.782. The number of carbonyl (C=O) groups excluding carboxylic acids is 3. The minimum Gasteiger partial charge on any atom is -0.341 e. The Morgan fingerprint density at radius 3 is 2.11 bits per heavy atom. The predicted molar refractivity (Wildman–Crippen MR) is 101 cm³/mol. The lowest BCUT2D eigenvalue weighted by Crippen LogP contribution is -2.49. The lowest BCUT2D eigenvalue weighted by Gasteiger charge is -2.44. The number of piperidine rings is 1. The normalized spacial score (nSPS) is 20.4. The summed E-state index contributed by atoms with van der Waals surface area (Å²) < 4.78 is 0. The van der Waals surface area contributed by atoms with Gasteiger partial charge in [-0.15, -0.1) is 0 Å². The highest BCUT2D eigenvalue weighted by Crippen LogP contribution is 2.46. The molecule has 0 unspecified atom stereocenters. The van der Waals surface area contributed by atoms with Crippen molar-refractivity contribution in [3.05, 3.63) is 34.4 Å². The largest absolute Gasteiger partial charge is 0.341 e. The highest BCUT2D eigenvalue weighted by Gasteiger charge is 2.47. The Morgan fingerprint density at radius 1 is 1.11 bits per heavy atom. The van der Waals surface area contributed by atoms with Crippen molar-refractivity contribution >= 4 is 17.5 Å². The standard InChI is InChI=1S/C21H28N2O4/c1-13-8-14(2)19(15(3)9-13)20-16(24)10-21(11-17(20)25)4-6-23(7-5-21)18(26)12-22-27/h8-9,20,22,27H,4-7,10-12H2,1-3H3. The summed E-state index contributed by atoms with van der Waals surface area (Å²) >= 11 is 0. The molecule has 1 aromatic carbocycles. The molecule has 2 aliphatic rings. The molecule has 1 aliphatic heterocycles.